The van der Waals surface area contributed by atoms with Gasteiger partial charge in [0.15, 0.2) is 5.13 Å². The number of hydrogen-bond acceptors (Lipinski definition) is 12. The van der Waals surface area contributed by atoms with Gasteiger partial charge in [0.1, 0.15) is 36.0 Å². The zero-order valence-corrected chi connectivity index (χ0v) is 22.9. The van der Waals surface area contributed by atoms with E-state index in [2.05, 4.69) is 19.8 Å². The first-order valence-corrected chi connectivity index (χ1v) is 14.1. The number of carboxylic acid groups (broad SMARTS) is 1. The molecule has 5 heterocycles. The van der Waals surface area contributed by atoms with E-state index >= 15 is 0 Å². The second-order valence-electron chi connectivity index (χ2n) is 8.78. The smallest absolute Gasteiger partial charge is 0.352 e. The zero-order chi connectivity index (χ0) is 28.0. The number of nitrogens with two attached hydrogens (primary N) is 2. The number of aromatic nitrogens is 4. The Morgan fingerprint density at radius 1 is 1.38 bits per heavy atom. The number of carbonyl (C=O) groups excluding carboxylic acids is 3. The third-order valence-corrected chi connectivity index (χ3v) is 8.48. The van der Waals surface area contributed by atoms with Crippen molar-refractivity contribution in [3.63, 3.8) is 0 Å². The van der Waals surface area contributed by atoms with Crippen LogP contribution < -0.4 is 21.4 Å². The number of hydrogen-bond donors (Lipinski definition) is 4. The maximum absolute atomic E-state index is 13.1. The van der Waals surface area contributed by atoms with E-state index < -0.39 is 35.1 Å². The van der Waals surface area contributed by atoms with Crippen molar-refractivity contribution >= 4 is 74.0 Å². The molecule has 2 aliphatic rings. The fraction of sp³-hybridized carbons (Fsp3) is 0.333. The Kier molecular flexibility index (Phi) is 7.00. The standard InChI is InChI=1S/C21H21N9O6S3/c1-8(2)36-26-12(16-25-21(23)39-27-16)17(32)24-13-18(33)30-14(20(34)35)9(5-38-19(13)30)3-28-4-11-29(7-28)10(6-37-11)15(22)31/h4,6-8,13,19H,3,5H2,1-2H3,(H5-,22,23,24,25,27,31,32,34,35)/p+1/b26-12-/t13-,19-/m1/s1. The summed E-state index contributed by atoms with van der Waals surface area (Å²) in [6.45, 7) is 3.62. The molecule has 1 fully saturated rings. The number of thioether (sulfide) groups is 1. The summed E-state index contributed by atoms with van der Waals surface area (Å²) in [5.74, 6) is -2.93. The van der Waals surface area contributed by atoms with E-state index in [4.69, 9.17) is 16.3 Å². The average Bonchev–Trinajstić information content (AvgIpc) is 3.57. The molecule has 2 aliphatic heterocycles. The van der Waals surface area contributed by atoms with Gasteiger partial charge in [-0.1, -0.05) is 16.5 Å². The monoisotopic (exact) mass is 592 g/mol. The molecule has 0 bridgehead atoms. The zero-order valence-electron chi connectivity index (χ0n) is 20.4. The highest BCUT2D eigenvalue weighted by atomic mass is 32.2. The van der Waals surface area contributed by atoms with Gasteiger partial charge in [-0.3, -0.25) is 19.3 Å². The van der Waals surface area contributed by atoms with Gasteiger partial charge in [-0.2, -0.15) is 13.8 Å². The highest BCUT2D eigenvalue weighted by Gasteiger charge is 2.54. The summed E-state index contributed by atoms with van der Waals surface area (Å²) < 4.78 is 7.35. The van der Waals surface area contributed by atoms with Crippen molar-refractivity contribution < 1.29 is 33.7 Å². The highest BCUT2D eigenvalue weighted by molar-refractivity contribution is 8.00. The molecule has 3 amide bonds. The molecule has 5 rings (SSSR count). The van der Waals surface area contributed by atoms with Gasteiger partial charge >= 0.3 is 5.97 Å². The van der Waals surface area contributed by atoms with Gasteiger partial charge in [-0.15, -0.1) is 11.8 Å². The third kappa shape index (κ3) is 4.92. The van der Waals surface area contributed by atoms with Crippen LogP contribution in [-0.4, -0.2) is 76.4 Å². The summed E-state index contributed by atoms with van der Waals surface area (Å²) in [4.78, 5) is 61.2. The number of β-lactam (4-membered cyclic amide) rings is 1. The lowest BCUT2D eigenvalue weighted by Crippen LogP contribution is -2.71. The van der Waals surface area contributed by atoms with Gasteiger partial charge in [0.05, 0.1) is 0 Å². The Bertz CT molecular complexity index is 1570. The molecule has 0 radical (unpaired) electrons. The molecule has 18 heteroatoms. The molecule has 6 N–H and O–H groups in total. The average molecular weight is 593 g/mol. The SMILES string of the molecule is CC(C)O/N=C(\C(=O)N[C@@H]1C(=O)N2C(C(=O)O)=C(C[n+]3cc4scc(C(N)=O)n4c3)CS[C@H]12)c1nsc(N)n1. The topological polar surface area (TPSA) is 211 Å². The van der Waals surface area contributed by atoms with Crippen molar-refractivity contribution in [2.24, 2.45) is 10.9 Å². The number of imidazole rings is 1. The van der Waals surface area contributed by atoms with Gasteiger partial charge in [-0.05, 0) is 13.8 Å². The van der Waals surface area contributed by atoms with Gasteiger partial charge in [0.25, 0.3) is 24.0 Å². The number of aliphatic carboxylic acids is 1. The molecular weight excluding hydrogens is 570 g/mol. The number of anilines is 1. The maximum Gasteiger partial charge on any atom is 0.352 e. The largest absolute Gasteiger partial charge is 0.477 e. The van der Waals surface area contributed by atoms with Crippen LogP contribution in [0.4, 0.5) is 5.13 Å². The van der Waals surface area contributed by atoms with Gasteiger partial charge in [-0.25, -0.2) is 9.36 Å². The highest BCUT2D eigenvalue weighted by Crippen LogP contribution is 2.40. The predicted octanol–water partition coefficient (Wildman–Crippen LogP) is -0.611. The Hall–Kier alpha value is -4.03. The Morgan fingerprint density at radius 3 is 2.79 bits per heavy atom. The van der Waals surface area contributed by atoms with Gasteiger partial charge in [0.2, 0.25) is 22.1 Å². The normalized spacial score (nSPS) is 19.3. The summed E-state index contributed by atoms with van der Waals surface area (Å²) in [6.07, 6.45) is 3.08. The van der Waals surface area contributed by atoms with Crippen LogP contribution in [-0.2, 0) is 25.8 Å². The lowest BCUT2D eigenvalue weighted by molar-refractivity contribution is -0.687. The van der Waals surface area contributed by atoms with E-state index in [0.717, 1.165) is 16.4 Å². The first-order chi connectivity index (χ1) is 18.5. The molecular formula is C21H22N9O6S3+. The summed E-state index contributed by atoms with van der Waals surface area (Å²) in [5.41, 5.74) is 11.5. The minimum Gasteiger partial charge on any atom is -0.477 e. The molecule has 3 aromatic heterocycles. The number of primary amides is 1. The molecule has 0 spiro atoms. The summed E-state index contributed by atoms with van der Waals surface area (Å²) in [6, 6.07) is -0.996. The van der Waals surface area contributed by atoms with Gasteiger partial charge < -0.3 is 26.7 Å². The number of rotatable bonds is 9. The summed E-state index contributed by atoms with van der Waals surface area (Å²) in [5, 5.41) is 17.6. The molecule has 204 valence electrons. The molecule has 15 nitrogen and oxygen atoms in total. The summed E-state index contributed by atoms with van der Waals surface area (Å²) >= 11 is 3.52. The van der Waals surface area contributed by atoms with Crippen LogP contribution in [0.15, 0.2) is 34.3 Å². The van der Waals surface area contributed by atoms with Gasteiger partial charge in [0, 0.05) is 28.2 Å². The van der Waals surface area contributed by atoms with Crippen LogP contribution in [0.3, 0.4) is 0 Å². The third-order valence-electron chi connectivity index (χ3n) is 5.71. The maximum atomic E-state index is 13.1. The van der Waals surface area contributed by atoms with Crippen molar-refractivity contribution in [2.45, 2.75) is 37.9 Å². The first-order valence-electron chi connectivity index (χ1n) is 11.4. The number of amides is 3. The molecule has 39 heavy (non-hydrogen) atoms. The fourth-order valence-electron chi connectivity index (χ4n) is 4.06. The van der Waals surface area contributed by atoms with Crippen LogP contribution in [0.2, 0.25) is 0 Å². The Balaban J connectivity index is 1.36. The molecule has 0 aromatic carbocycles. The van der Waals surface area contributed by atoms with Crippen molar-refractivity contribution in [2.75, 3.05) is 11.5 Å². The van der Waals surface area contributed by atoms with E-state index in [1.807, 2.05) is 0 Å². The summed E-state index contributed by atoms with van der Waals surface area (Å²) in [7, 11) is 0. The van der Waals surface area contributed by atoms with E-state index in [1.165, 1.54) is 28.0 Å². The first kappa shape index (κ1) is 26.6. The van der Waals surface area contributed by atoms with Crippen LogP contribution in [0, 0.1) is 0 Å². The molecule has 0 aliphatic carbocycles. The molecule has 1 saturated heterocycles. The molecule has 2 atom stereocenters. The number of oxime groups is 1. The quantitative estimate of drug-likeness (QED) is 0.107. The predicted molar refractivity (Wildman–Crippen MR) is 141 cm³/mol. The van der Waals surface area contributed by atoms with Crippen molar-refractivity contribution in [3.8, 4) is 0 Å². The lowest BCUT2D eigenvalue weighted by Gasteiger charge is -2.49. The number of nitrogens with one attached hydrogen (secondary N) is 1. The van der Waals surface area contributed by atoms with Crippen LogP contribution in [0.5, 0.6) is 0 Å². The minimum atomic E-state index is -1.26. The van der Waals surface area contributed by atoms with Crippen molar-refractivity contribution in [1.29, 1.82) is 0 Å². The van der Waals surface area contributed by atoms with Crippen molar-refractivity contribution in [1.82, 2.24) is 24.0 Å². The van der Waals surface area contributed by atoms with Crippen LogP contribution >= 0.6 is 34.6 Å². The Labute approximate surface area is 232 Å². The number of carboxylic acids is 1. The molecule has 3 aromatic rings. The number of fused-ring (bicyclic) bond motifs is 2. The minimum absolute atomic E-state index is 0.0482. The van der Waals surface area contributed by atoms with E-state index in [1.54, 1.807) is 40.7 Å². The molecule has 0 saturated carbocycles. The van der Waals surface area contributed by atoms with Crippen LogP contribution in [0.25, 0.3) is 4.83 Å². The Morgan fingerprint density at radius 2 is 2.15 bits per heavy atom. The second kappa shape index (κ2) is 10.3. The van der Waals surface area contributed by atoms with E-state index in [9.17, 15) is 24.3 Å². The van der Waals surface area contributed by atoms with Crippen LogP contribution in [0.1, 0.15) is 30.2 Å². The fourth-order valence-corrected chi connectivity index (χ4v) is 6.74. The van der Waals surface area contributed by atoms with Crippen molar-refractivity contribution in [3.05, 3.63) is 40.7 Å². The second-order valence-corrected chi connectivity index (χ2v) is 11.6. The molecule has 0 unspecified atom stereocenters. The van der Waals surface area contributed by atoms with E-state index in [-0.39, 0.29) is 35.0 Å². The number of nitrogens with zero attached hydrogens (tertiary/aromatic N) is 6. The lowest BCUT2D eigenvalue weighted by atomic mass is 10.0. The number of thiazole rings is 1. The number of nitrogen functional groups attached to an aromatic ring is 1. The van der Waals surface area contributed by atoms with E-state index in [0.29, 0.717) is 17.0 Å². The number of carbonyl (C=O) groups is 4.